The quantitative estimate of drug-likeness (QED) is 0.904. The maximum atomic E-state index is 12.6. The van der Waals surface area contributed by atoms with E-state index in [2.05, 4.69) is 10.2 Å². The van der Waals surface area contributed by atoms with E-state index in [-0.39, 0.29) is 5.91 Å². The minimum Gasteiger partial charge on any atom is -0.336 e. The summed E-state index contributed by atoms with van der Waals surface area (Å²) >= 11 is 6.02. The summed E-state index contributed by atoms with van der Waals surface area (Å²) in [5, 5.41) is 4.03. The molecule has 2 saturated heterocycles. The molecule has 1 aromatic carbocycles. The zero-order valence-electron chi connectivity index (χ0n) is 12.4. The van der Waals surface area contributed by atoms with Crippen LogP contribution in [0.25, 0.3) is 0 Å². The maximum absolute atomic E-state index is 12.6. The number of hydrogen-bond donors (Lipinski definition) is 1. The van der Waals surface area contributed by atoms with Gasteiger partial charge in [0.1, 0.15) is 0 Å². The fraction of sp³-hybridized carbons (Fsp3) is 0.562. The lowest BCUT2D eigenvalue weighted by molar-refractivity contribution is 0.0583. The van der Waals surface area contributed by atoms with Crippen molar-refractivity contribution in [3.63, 3.8) is 0 Å². The molecule has 4 nitrogen and oxygen atoms in total. The third-order valence-corrected chi connectivity index (χ3v) is 4.82. The van der Waals surface area contributed by atoms with Gasteiger partial charge in [-0.05, 0) is 37.6 Å². The smallest absolute Gasteiger partial charge is 0.254 e. The fourth-order valence-corrected chi connectivity index (χ4v) is 3.41. The Balaban J connectivity index is 1.63. The number of rotatable bonds is 2. The molecule has 114 valence electrons. The van der Waals surface area contributed by atoms with E-state index in [0.29, 0.717) is 11.1 Å². The largest absolute Gasteiger partial charge is 0.336 e. The monoisotopic (exact) mass is 307 g/mol. The second-order valence-corrected chi connectivity index (χ2v) is 6.37. The van der Waals surface area contributed by atoms with Crippen molar-refractivity contribution < 1.29 is 4.79 Å². The van der Waals surface area contributed by atoms with Gasteiger partial charge in [0, 0.05) is 49.4 Å². The van der Waals surface area contributed by atoms with Gasteiger partial charge in [-0.15, -0.1) is 0 Å². The van der Waals surface area contributed by atoms with Crippen molar-refractivity contribution in [3.05, 3.63) is 34.3 Å². The molecule has 1 aromatic rings. The van der Waals surface area contributed by atoms with E-state index in [4.69, 9.17) is 11.6 Å². The Hall–Kier alpha value is -1.10. The first kappa shape index (κ1) is 14.8. The molecule has 2 aliphatic rings. The number of aryl methyl sites for hydroxylation is 1. The summed E-state index contributed by atoms with van der Waals surface area (Å²) in [7, 11) is 0. The van der Waals surface area contributed by atoms with E-state index in [1.807, 2.05) is 24.0 Å². The lowest BCUT2D eigenvalue weighted by Gasteiger charge is -2.38. The van der Waals surface area contributed by atoms with Crippen molar-refractivity contribution in [1.29, 1.82) is 0 Å². The number of benzene rings is 1. The van der Waals surface area contributed by atoms with Crippen molar-refractivity contribution in [2.75, 3.05) is 39.3 Å². The average Bonchev–Trinajstić information content (AvgIpc) is 3.03. The van der Waals surface area contributed by atoms with Crippen molar-refractivity contribution >= 4 is 17.5 Å². The van der Waals surface area contributed by atoms with Crippen LogP contribution >= 0.6 is 11.6 Å². The van der Waals surface area contributed by atoms with Crippen molar-refractivity contribution in [3.8, 4) is 0 Å². The highest BCUT2D eigenvalue weighted by Gasteiger charge is 2.28. The molecule has 0 saturated carbocycles. The third kappa shape index (κ3) is 3.23. The van der Waals surface area contributed by atoms with Gasteiger partial charge in [-0.25, -0.2) is 0 Å². The second kappa shape index (κ2) is 6.34. The highest BCUT2D eigenvalue weighted by atomic mass is 35.5. The minimum atomic E-state index is 0.110. The molecule has 0 aromatic heterocycles. The summed E-state index contributed by atoms with van der Waals surface area (Å²) in [5.41, 5.74) is 1.73. The number of hydrogen-bond acceptors (Lipinski definition) is 3. The Labute approximate surface area is 131 Å². The van der Waals surface area contributed by atoms with Gasteiger partial charge in [-0.1, -0.05) is 17.7 Å². The van der Waals surface area contributed by atoms with Crippen LogP contribution in [0.1, 0.15) is 22.3 Å². The molecule has 0 radical (unpaired) electrons. The Morgan fingerprint density at radius 3 is 2.71 bits per heavy atom. The number of nitrogens with zero attached hydrogens (tertiary/aromatic N) is 2. The van der Waals surface area contributed by atoms with Gasteiger partial charge >= 0.3 is 0 Å². The first-order valence-corrected chi connectivity index (χ1v) is 8.03. The Bertz CT molecular complexity index is 520. The summed E-state index contributed by atoms with van der Waals surface area (Å²) in [6.45, 7) is 7.72. The number of carbonyl (C=O) groups is 1. The van der Waals surface area contributed by atoms with Gasteiger partial charge in [-0.2, -0.15) is 0 Å². The summed E-state index contributed by atoms with van der Waals surface area (Å²) in [6.07, 6.45) is 1.22. The molecular weight excluding hydrogens is 286 g/mol. The van der Waals surface area contributed by atoms with Crippen LogP contribution < -0.4 is 5.32 Å². The third-order valence-electron chi connectivity index (χ3n) is 4.58. The molecule has 1 N–H and O–H groups in total. The van der Waals surface area contributed by atoms with Crippen LogP contribution in [0.5, 0.6) is 0 Å². The predicted molar refractivity (Wildman–Crippen MR) is 84.9 cm³/mol. The van der Waals surface area contributed by atoms with E-state index in [0.717, 1.165) is 50.4 Å². The molecule has 2 heterocycles. The number of halogens is 1. The van der Waals surface area contributed by atoms with Crippen LogP contribution in [-0.4, -0.2) is 61.0 Å². The number of carbonyl (C=O) groups excluding carboxylic acids is 1. The first-order valence-electron chi connectivity index (χ1n) is 7.65. The molecule has 3 rings (SSSR count). The standard InChI is InChI=1S/C16H22ClN3O/c1-12-2-3-13(17)10-15(12)16(21)20-8-6-19(7-9-20)14-4-5-18-11-14/h2-3,10,14,18H,4-9,11H2,1H3. The molecule has 1 amide bonds. The van der Waals surface area contributed by atoms with Crippen molar-refractivity contribution in [1.82, 2.24) is 15.1 Å². The van der Waals surface area contributed by atoms with Crippen LogP contribution in [0, 0.1) is 6.92 Å². The predicted octanol–water partition coefficient (Wildman–Crippen LogP) is 1.77. The normalized spacial score (nSPS) is 23.5. The van der Waals surface area contributed by atoms with Gasteiger partial charge in [-0.3, -0.25) is 9.69 Å². The Kier molecular flexibility index (Phi) is 4.48. The van der Waals surface area contributed by atoms with E-state index < -0.39 is 0 Å². The maximum Gasteiger partial charge on any atom is 0.254 e. The molecule has 1 unspecified atom stereocenters. The summed E-state index contributed by atoms with van der Waals surface area (Å²) in [5.74, 6) is 0.110. The Morgan fingerprint density at radius 2 is 2.05 bits per heavy atom. The first-order chi connectivity index (χ1) is 10.1. The van der Waals surface area contributed by atoms with Crippen molar-refractivity contribution in [2.45, 2.75) is 19.4 Å². The van der Waals surface area contributed by atoms with E-state index in [1.165, 1.54) is 6.42 Å². The molecular formula is C16H22ClN3O. The van der Waals surface area contributed by atoms with E-state index >= 15 is 0 Å². The van der Waals surface area contributed by atoms with Gasteiger partial charge in [0.15, 0.2) is 0 Å². The summed E-state index contributed by atoms with van der Waals surface area (Å²) in [4.78, 5) is 17.1. The summed E-state index contributed by atoms with van der Waals surface area (Å²) in [6, 6.07) is 6.18. The number of amides is 1. The lowest BCUT2D eigenvalue weighted by Crippen LogP contribution is -2.52. The van der Waals surface area contributed by atoms with Gasteiger partial charge in [0.2, 0.25) is 0 Å². The van der Waals surface area contributed by atoms with E-state index in [9.17, 15) is 4.79 Å². The van der Waals surface area contributed by atoms with Gasteiger partial charge < -0.3 is 10.2 Å². The van der Waals surface area contributed by atoms with Crippen LogP contribution in [-0.2, 0) is 0 Å². The minimum absolute atomic E-state index is 0.110. The highest BCUT2D eigenvalue weighted by molar-refractivity contribution is 6.31. The SMILES string of the molecule is Cc1ccc(Cl)cc1C(=O)N1CCN(C2CCNC2)CC1. The van der Waals surface area contributed by atoms with Crippen LogP contribution in [0.4, 0.5) is 0 Å². The van der Waals surface area contributed by atoms with Crippen LogP contribution in [0.15, 0.2) is 18.2 Å². The average molecular weight is 308 g/mol. The van der Waals surface area contributed by atoms with Crippen LogP contribution in [0.2, 0.25) is 5.02 Å². The zero-order valence-corrected chi connectivity index (χ0v) is 13.2. The fourth-order valence-electron chi connectivity index (χ4n) is 3.24. The molecule has 2 fully saturated rings. The second-order valence-electron chi connectivity index (χ2n) is 5.93. The highest BCUT2D eigenvalue weighted by Crippen LogP contribution is 2.19. The molecule has 0 bridgehead atoms. The molecule has 1 atom stereocenters. The number of nitrogens with one attached hydrogen (secondary N) is 1. The lowest BCUT2D eigenvalue weighted by atomic mass is 10.1. The van der Waals surface area contributed by atoms with Crippen molar-refractivity contribution in [2.24, 2.45) is 0 Å². The zero-order chi connectivity index (χ0) is 14.8. The molecule has 0 aliphatic carbocycles. The molecule has 21 heavy (non-hydrogen) atoms. The molecule has 0 spiro atoms. The summed E-state index contributed by atoms with van der Waals surface area (Å²) < 4.78 is 0. The molecule has 2 aliphatic heterocycles. The topological polar surface area (TPSA) is 35.6 Å². The Morgan fingerprint density at radius 1 is 1.29 bits per heavy atom. The van der Waals surface area contributed by atoms with Crippen LogP contribution in [0.3, 0.4) is 0 Å². The number of piperazine rings is 1. The van der Waals surface area contributed by atoms with Gasteiger partial charge in [0.05, 0.1) is 0 Å². The molecule has 5 heteroatoms. The van der Waals surface area contributed by atoms with Gasteiger partial charge in [0.25, 0.3) is 5.91 Å². The van der Waals surface area contributed by atoms with E-state index in [1.54, 1.807) is 6.07 Å².